The van der Waals surface area contributed by atoms with Crippen molar-refractivity contribution in [2.45, 2.75) is 131 Å². The summed E-state index contributed by atoms with van der Waals surface area (Å²) >= 11 is 5.92. The summed E-state index contributed by atoms with van der Waals surface area (Å²) in [4.78, 5) is 0. The molecule has 2 aromatic rings. The van der Waals surface area contributed by atoms with Gasteiger partial charge in [-0.25, -0.2) is 0 Å². The van der Waals surface area contributed by atoms with Crippen LogP contribution in [0.5, 0.6) is 0 Å². The molecule has 2 aromatic heterocycles. The number of rotatable bonds is 18. The standard InChI is InChI=1S/C15H20BrS2.3C4H9.Sn/c1-2-3-4-5-6-7-8-9-12-14-13(10-11-17-14)18-15(12)16;3*1-3-4-2;/h10H,2-9H2,1H3;3*1,3-4H2,2H3;. The van der Waals surface area contributed by atoms with Crippen molar-refractivity contribution in [3.63, 3.8) is 0 Å². The maximum atomic E-state index is 3.94. The van der Waals surface area contributed by atoms with Crippen LogP contribution in [0.3, 0.4) is 0 Å². The van der Waals surface area contributed by atoms with E-state index in [2.05, 4.69) is 61.0 Å². The summed E-state index contributed by atoms with van der Waals surface area (Å²) in [7, 11) is 0. The first-order chi connectivity index (χ1) is 15.1. The molecule has 0 spiro atoms. The molecule has 2 rings (SSSR count). The van der Waals surface area contributed by atoms with E-state index in [1.54, 1.807) is 28.3 Å². The van der Waals surface area contributed by atoms with Crippen LogP contribution in [0.2, 0.25) is 13.3 Å². The molecule has 0 nitrogen and oxygen atoms in total. The molecular formula is C27H47BrS2Sn. The van der Waals surface area contributed by atoms with E-state index in [4.69, 9.17) is 0 Å². The summed E-state index contributed by atoms with van der Waals surface area (Å²) in [5, 5.41) is 0. The summed E-state index contributed by atoms with van der Waals surface area (Å²) in [6.45, 7) is 9.47. The van der Waals surface area contributed by atoms with Gasteiger partial charge in [-0.2, -0.15) is 0 Å². The van der Waals surface area contributed by atoms with Crippen molar-refractivity contribution in [1.29, 1.82) is 0 Å². The summed E-state index contributed by atoms with van der Waals surface area (Å²) in [5.41, 5.74) is 1.64. The van der Waals surface area contributed by atoms with Gasteiger partial charge in [0.2, 0.25) is 0 Å². The van der Waals surface area contributed by atoms with E-state index >= 15 is 0 Å². The Hall–Kier alpha value is 0.939. The summed E-state index contributed by atoms with van der Waals surface area (Å²) < 4.78 is 11.4. The Bertz CT molecular complexity index is 711. The van der Waals surface area contributed by atoms with Crippen LogP contribution in [0.15, 0.2) is 9.85 Å². The first kappa shape index (κ1) is 28.2. The van der Waals surface area contributed by atoms with Gasteiger partial charge in [0.15, 0.2) is 0 Å². The third-order valence-corrected chi connectivity index (χ3v) is 28.5. The number of hydrogen-bond acceptors (Lipinski definition) is 2. The van der Waals surface area contributed by atoms with Gasteiger partial charge in [-0.3, -0.25) is 0 Å². The maximum absolute atomic E-state index is 3.94. The van der Waals surface area contributed by atoms with E-state index in [1.807, 2.05) is 14.2 Å². The van der Waals surface area contributed by atoms with E-state index < -0.39 is 18.4 Å². The third-order valence-electron chi connectivity index (χ3n) is 6.99. The zero-order valence-corrected chi connectivity index (χ0v) is 26.9. The molecule has 0 aliphatic heterocycles. The van der Waals surface area contributed by atoms with Crippen molar-refractivity contribution >= 4 is 69.3 Å². The first-order valence-electron chi connectivity index (χ1n) is 13.3. The molecule has 0 atom stereocenters. The second kappa shape index (κ2) is 15.8. The Balaban J connectivity index is 2.17. The molecule has 4 heteroatoms. The minimum absolute atomic E-state index is 1.27. The Kier molecular flexibility index (Phi) is 14.3. The van der Waals surface area contributed by atoms with Crippen LogP contribution in [0.1, 0.15) is 117 Å². The normalized spacial score (nSPS) is 12.3. The zero-order valence-electron chi connectivity index (χ0n) is 20.8. The van der Waals surface area contributed by atoms with Gasteiger partial charge in [-0.1, -0.05) is 6.92 Å². The van der Waals surface area contributed by atoms with Gasteiger partial charge < -0.3 is 0 Å². The van der Waals surface area contributed by atoms with E-state index in [-0.39, 0.29) is 0 Å². The zero-order chi connectivity index (χ0) is 22.5. The second-order valence-electron chi connectivity index (χ2n) is 9.62. The summed E-state index contributed by atoms with van der Waals surface area (Å²) in [6, 6.07) is 2.70. The Morgan fingerprint density at radius 3 is 1.74 bits per heavy atom. The first-order valence-corrected chi connectivity index (χ1v) is 23.2. The molecule has 0 aromatic carbocycles. The van der Waals surface area contributed by atoms with Crippen molar-refractivity contribution in [2.24, 2.45) is 0 Å². The number of halogens is 1. The molecule has 2 heterocycles. The fourth-order valence-corrected chi connectivity index (χ4v) is 27.8. The molecule has 0 fully saturated rings. The minimum atomic E-state index is -2.29. The van der Waals surface area contributed by atoms with Gasteiger partial charge in [-0.15, -0.1) is 0 Å². The van der Waals surface area contributed by atoms with Crippen LogP contribution in [0.4, 0.5) is 0 Å². The average molecular weight is 634 g/mol. The molecule has 0 saturated carbocycles. The van der Waals surface area contributed by atoms with E-state index in [0.717, 1.165) is 0 Å². The van der Waals surface area contributed by atoms with Crippen LogP contribution in [0.25, 0.3) is 9.40 Å². The molecule has 0 saturated heterocycles. The fourth-order valence-electron chi connectivity index (χ4n) is 4.93. The van der Waals surface area contributed by atoms with Gasteiger partial charge in [0.25, 0.3) is 0 Å². The van der Waals surface area contributed by atoms with E-state index in [1.165, 1.54) is 93.7 Å². The molecule has 178 valence electrons. The number of unbranched alkanes of at least 4 members (excludes halogenated alkanes) is 9. The molecule has 0 N–H and O–H groups in total. The average Bonchev–Trinajstić information content (AvgIpc) is 3.31. The topological polar surface area (TPSA) is 0 Å². The molecule has 0 amide bonds. The SMILES string of the molecule is CCCCCCCCCc1c(Br)sc2c[c]([Sn]([CH2]CCC)([CH2]CCC)[CH2]CCC)sc12. The number of thiophene rings is 2. The van der Waals surface area contributed by atoms with Crippen molar-refractivity contribution in [3.05, 3.63) is 15.4 Å². The summed E-state index contributed by atoms with van der Waals surface area (Å²) in [5.74, 6) is 0. The Morgan fingerprint density at radius 1 is 0.677 bits per heavy atom. The molecule has 0 aliphatic carbocycles. The third kappa shape index (κ3) is 8.58. The number of aryl methyl sites for hydroxylation is 1. The van der Waals surface area contributed by atoms with Crippen LogP contribution in [-0.2, 0) is 6.42 Å². The Morgan fingerprint density at radius 2 is 1.19 bits per heavy atom. The fraction of sp³-hybridized carbons (Fsp3) is 0.778. The monoisotopic (exact) mass is 634 g/mol. The number of hydrogen-bond donors (Lipinski definition) is 0. The predicted molar refractivity (Wildman–Crippen MR) is 154 cm³/mol. The predicted octanol–water partition coefficient (Wildman–Crippen LogP) is 11.1. The van der Waals surface area contributed by atoms with Crippen LogP contribution >= 0.6 is 38.6 Å². The molecule has 0 unspecified atom stereocenters. The molecule has 0 radical (unpaired) electrons. The van der Waals surface area contributed by atoms with Crippen molar-refractivity contribution in [3.8, 4) is 0 Å². The van der Waals surface area contributed by atoms with Gasteiger partial charge in [-0.05, 0) is 0 Å². The van der Waals surface area contributed by atoms with Crippen LogP contribution in [-0.4, -0.2) is 18.4 Å². The van der Waals surface area contributed by atoms with Crippen LogP contribution in [0, 0.1) is 0 Å². The van der Waals surface area contributed by atoms with E-state index in [0.29, 0.717) is 0 Å². The molecular weight excluding hydrogens is 587 g/mol. The van der Waals surface area contributed by atoms with Crippen molar-refractivity contribution in [1.82, 2.24) is 0 Å². The van der Waals surface area contributed by atoms with Crippen LogP contribution < -0.4 is 2.89 Å². The van der Waals surface area contributed by atoms with Gasteiger partial charge in [0.05, 0.1) is 0 Å². The van der Waals surface area contributed by atoms with Gasteiger partial charge >= 0.3 is 209 Å². The van der Waals surface area contributed by atoms with Gasteiger partial charge in [0, 0.05) is 0 Å². The molecule has 0 bridgehead atoms. The summed E-state index contributed by atoms with van der Waals surface area (Å²) in [6.07, 6.45) is 19.6. The molecule has 0 aliphatic rings. The number of fused-ring (bicyclic) bond motifs is 1. The Labute approximate surface area is 214 Å². The van der Waals surface area contributed by atoms with E-state index in [9.17, 15) is 0 Å². The second-order valence-corrected chi connectivity index (χ2v) is 27.2. The quantitative estimate of drug-likeness (QED) is 0.113. The van der Waals surface area contributed by atoms with Crippen molar-refractivity contribution in [2.75, 3.05) is 0 Å². The molecule has 31 heavy (non-hydrogen) atoms. The van der Waals surface area contributed by atoms with Crippen molar-refractivity contribution < 1.29 is 0 Å². The van der Waals surface area contributed by atoms with Gasteiger partial charge in [0.1, 0.15) is 0 Å².